The number of primary amides is 1. The van der Waals surface area contributed by atoms with Gasteiger partial charge in [0.15, 0.2) is 6.61 Å². The van der Waals surface area contributed by atoms with E-state index in [4.69, 9.17) is 10.5 Å². The molecule has 2 amide bonds. The molecule has 2 aliphatic heterocycles. The maximum Gasteiger partial charge on any atom is 0.422 e. The second kappa shape index (κ2) is 14.8. The van der Waals surface area contributed by atoms with Crippen molar-refractivity contribution in [3.8, 4) is 5.75 Å². The van der Waals surface area contributed by atoms with Gasteiger partial charge in [-0.15, -0.1) is 0 Å². The van der Waals surface area contributed by atoms with Crippen LogP contribution in [0.15, 0.2) is 78.9 Å². The van der Waals surface area contributed by atoms with Crippen LogP contribution >= 0.6 is 0 Å². The van der Waals surface area contributed by atoms with E-state index in [0.717, 1.165) is 37.4 Å². The van der Waals surface area contributed by atoms with Crippen LogP contribution in [0.4, 0.5) is 24.5 Å². The summed E-state index contributed by atoms with van der Waals surface area (Å²) in [5.41, 5.74) is 9.26. The van der Waals surface area contributed by atoms with Crippen LogP contribution in [-0.2, 0) is 16.0 Å². The Balaban J connectivity index is 0.000000292. The minimum absolute atomic E-state index is 0.0117. The lowest BCUT2D eigenvalue weighted by Gasteiger charge is -2.41. The number of nitrogens with one attached hydrogen (secondary N) is 1. The van der Waals surface area contributed by atoms with Crippen LogP contribution in [0.3, 0.4) is 0 Å². The number of carbonyl (C=O) groups is 2. The van der Waals surface area contributed by atoms with Crippen molar-refractivity contribution in [1.29, 1.82) is 0 Å². The standard InChI is InChI=1S/C22H24F3N3O3.C10H14N2/c1-15-6-2-4-8-17(15)27-10-11-28(18(13-27)21(26)30)20(29)12-16-7-3-5-9-19(16)31-14-22(23,24)25;1-2-4-10(5-3-1)12-8-6-11-7-9-12/h2-9,18H,10-14H2,1H3,(H2,26,30);1-5,11H,6-9H2. The molecule has 11 heteroatoms. The third-order valence-electron chi connectivity index (χ3n) is 7.43. The van der Waals surface area contributed by atoms with Crippen LogP contribution in [0.5, 0.6) is 5.75 Å². The lowest BCUT2D eigenvalue weighted by Crippen LogP contribution is -2.60. The van der Waals surface area contributed by atoms with E-state index in [0.29, 0.717) is 12.1 Å². The van der Waals surface area contributed by atoms with Gasteiger partial charge < -0.3 is 30.5 Å². The molecule has 2 aliphatic rings. The Morgan fingerprint density at radius 3 is 2.21 bits per heavy atom. The topological polar surface area (TPSA) is 91.1 Å². The van der Waals surface area contributed by atoms with Gasteiger partial charge in [0, 0.05) is 62.8 Å². The molecule has 0 aliphatic carbocycles. The van der Waals surface area contributed by atoms with Gasteiger partial charge in [-0.25, -0.2) is 0 Å². The van der Waals surface area contributed by atoms with Crippen LogP contribution in [0.25, 0.3) is 0 Å². The molecule has 2 heterocycles. The van der Waals surface area contributed by atoms with Crippen molar-refractivity contribution in [3.63, 3.8) is 0 Å². The van der Waals surface area contributed by atoms with Crippen molar-refractivity contribution in [3.05, 3.63) is 90.0 Å². The zero-order valence-electron chi connectivity index (χ0n) is 24.2. The van der Waals surface area contributed by atoms with Crippen LogP contribution in [0, 0.1) is 6.92 Å². The first-order valence-corrected chi connectivity index (χ1v) is 14.3. The summed E-state index contributed by atoms with van der Waals surface area (Å²) < 4.78 is 42.4. The van der Waals surface area contributed by atoms with Gasteiger partial charge in [0.1, 0.15) is 11.8 Å². The molecule has 3 aromatic rings. The Hall–Kier alpha value is -4.25. The van der Waals surface area contributed by atoms with Crippen molar-refractivity contribution in [2.75, 3.05) is 62.2 Å². The number of ether oxygens (including phenoxy) is 1. The maximum absolute atomic E-state index is 13.0. The zero-order valence-corrected chi connectivity index (χ0v) is 24.2. The molecule has 0 spiro atoms. The number of piperazine rings is 2. The third kappa shape index (κ3) is 9.12. The SMILES string of the molecule is Cc1ccccc1N1CCN(C(=O)Cc2ccccc2OCC(F)(F)F)C(C(N)=O)C1.c1ccc(N2CCNCC2)cc1. The molecular formula is C32H38F3N5O3. The fourth-order valence-electron chi connectivity index (χ4n) is 5.24. The minimum atomic E-state index is -4.49. The van der Waals surface area contributed by atoms with E-state index in [1.54, 1.807) is 6.07 Å². The number of anilines is 2. The number of nitrogens with zero attached hydrogens (tertiary/aromatic N) is 3. The van der Waals surface area contributed by atoms with Gasteiger partial charge in [-0.2, -0.15) is 13.2 Å². The van der Waals surface area contributed by atoms with Gasteiger partial charge in [-0.1, -0.05) is 54.6 Å². The smallest absolute Gasteiger partial charge is 0.422 e. The molecule has 2 saturated heterocycles. The first kappa shape index (κ1) is 31.7. The summed E-state index contributed by atoms with van der Waals surface area (Å²) in [4.78, 5) is 30.9. The average molecular weight is 598 g/mol. The largest absolute Gasteiger partial charge is 0.484 e. The van der Waals surface area contributed by atoms with Crippen molar-refractivity contribution in [2.24, 2.45) is 5.73 Å². The number of amides is 2. The molecule has 3 N–H and O–H groups in total. The number of para-hydroxylation sites is 3. The Morgan fingerprint density at radius 2 is 1.53 bits per heavy atom. The van der Waals surface area contributed by atoms with Crippen LogP contribution in [0.1, 0.15) is 11.1 Å². The summed E-state index contributed by atoms with van der Waals surface area (Å²) in [5, 5.41) is 3.34. The molecule has 230 valence electrons. The van der Waals surface area contributed by atoms with E-state index >= 15 is 0 Å². The number of hydrogen-bond acceptors (Lipinski definition) is 6. The van der Waals surface area contributed by atoms with Crippen LogP contribution in [-0.4, -0.2) is 81.4 Å². The average Bonchev–Trinajstić information content (AvgIpc) is 3.01. The Bertz CT molecular complexity index is 1350. The number of halogens is 3. The van der Waals surface area contributed by atoms with E-state index in [2.05, 4.69) is 40.5 Å². The summed E-state index contributed by atoms with van der Waals surface area (Å²) in [6.45, 7) is 6.01. The van der Waals surface area contributed by atoms with Crippen molar-refractivity contribution < 1.29 is 27.5 Å². The molecule has 3 aromatic carbocycles. The fraction of sp³-hybridized carbons (Fsp3) is 0.375. The number of benzene rings is 3. The van der Waals surface area contributed by atoms with E-state index in [9.17, 15) is 22.8 Å². The second-order valence-electron chi connectivity index (χ2n) is 10.5. The summed E-state index contributed by atoms with van der Waals surface area (Å²) >= 11 is 0. The predicted molar refractivity (Wildman–Crippen MR) is 161 cm³/mol. The molecule has 1 unspecified atom stereocenters. The monoisotopic (exact) mass is 597 g/mol. The second-order valence-corrected chi connectivity index (χ2v) is 10.5. The molecule has 0 radical (unpaired) electrons. The third-order valence-corrected chi connectivity index (χ3v) is 7.43. The minimum Gasteiger partial charge on any atom is -0.484 e. The summed E-state index contributed by atoms with van der Waals surface area (Å²) in [5.74, 6) is -1.04. The summed E-state index contributed by atoms with van der Waals surface area (Å²) in [6.07, 6.45) is -4.68. The summed E-state index contributed by atoms with van der Waals surface area (Å²) in [7, 11) is 0. The highest BCUT2D eigenvalue weighted by Crippen LogP contribution is 2.26. The molecule has 0 saturated carbocycles. The Morgan fingerprint density at radius 1 is 0.884 bits per heavy atom. The highest BCUT2D eigenvalue weighted by Gasteiger charge is 2.35. The van der Waals surface area contributed by atoms with E-state index in [-0.39, 0.29) is 25.3 Å². The number of aryl methyl sites for hydroxylation is 1. The lowest BCUT2D eigenvalue weighted by atomic mass is 10.1. The van der Waals surface area contributed by atoms with Gasteiger partial charge in [-0.05, 0) is 36.8 Å². The first-order valence-electron chi connectivity index (χ1n) is 14.3. The number of alkyl halides is 3. The van der Waals surface area contributed by atoms with Crippen molar-refractivity contribution in [2.45, 2.75) is 25.6 Å². The molecule has 1 atom stereocenters. The number of rotatable bonds is 7. The molecule has 0 bridgehead atoms. The molecular weight excluding hydrogens is 559 g/mol. The fourth-order valence-corrected chi connectivity index (χ4v) is 5.24. The number of hydrogen-bond donors (Lipinski definition) is 2. The lowest BCUT2D eigenvalue weighted by molar-refractivity contribution is -0.153. The normalized spacial score (nSPS) is 17.1. The van der Waals surface area contributed by atoms with E-state index in [1.807, 2.05) is 36.1 Å². The van der Waals surface area contributed by atoms with Gasteiger partial charge >= 0.3 is 6.18 Å². The summed E-state index contributed by atoms with van der Waals surface area (Å²) in [6, 6.07) is 23.5. The molecule has 43 heavy (non-hydrogen) atoms. The highest BCUT2D eigenvalue weighted by atomic mass is 19.4. The Kier molecular flexibility index (Phi) is 10.9. The predicted octanol–water partition coefficient (Wildman–Crippen LogP) is 3.78. The number of carbonyl (C=O) groups excluding carboxylic acids is 2. The molecule has 0 aromatic heterocycles. The van der Waals surface area contributed by atoms with Crippen molar-refractivity contribution in [1.82, 2.24) is 10.2 Å². The highest BCUT2D eigenvalue weighted by molar-refractivity contribution is 5.89. The van der Waals surface area contributed by atoms with Gasteiger partial charge in [0.25, 0.3) is 0 Å². The molecule has 8 nitrogen and oxygen atoms in total. The van der Waals surface area contributed by atoms with Crippen LogP contribution < -0.4 is 25.6 Å². The first-order chi connectivity index (χ1) is 20.6. The van der Waals surface area contributed by atoms with Gasteiger partial charge in [0.2, 0.25) is 11.8 Å². The van der Waals surface area contributed by atoms with E-state index < -0.39 is 30.6 Å². The molecule has 5 rings (SSSR count). The Labute approximate surface area is 250 Å². The van der Waals surface area contributed by atoms with Crippen molar-refractivity contribution >= 4 is 23.2 Å². The van der Waals surface area contributed by atoms with Crippen LogP contribution in [0.2, 0.25) is 0 Å². The van der Waals surface area contributed by atoms with E-state index in [1.165, 1.54) is 28.8 Å². The molecule has 2 fully saturated rings. The maximum atomic E-state index is 13.0. The number of nitrogens with two attached hydrogens (primary N) is 1. The zero-order chi connectivity index (χ0) is 30.8. The van der Waals surface area contributed by atoms with Gasteiger partial charge in [0.05, 0.1) is 6.42 Å². The van der Waals surface area contributed by atoms with Gasteiger partial charge in [-0.3, -0.25) is 9.59 Å². The quantitative estimate of drug-likeness (QED) is 0.431.